The van der Waals surface area contributed by atoms with Crippen LogP contribution >= 0.6 is 0 Å². The molecule has 1 aromatic heterocycles. The molecule has 0 aliphatic rings. The van der Waals surface area contributed by atoms with Gasteiger partial charge in [-0.1, -0.05) is 12.1 Å². The zero-order chi connectivity index (χ0) is 12.1. The summed E-state index contributed by atoms with van der Waals surface area (Å²) >= 11 is 0. The first kappa shape index (κ1) is 11.4. The second-order valence-electron chi connectivity index (χ2n) is 3.72. The number of aryl methyl sites for hydroxylation is 1. The van der Waals surface area contributed by atoms with Gasteiger partial charge in [0, 0.05) is 18.4 Å². The van der Waals surface area contributed by atoms with Crippen molar-refractivity contribution in [1.29, 1.82) is 0 Å². The van der Waals surface area contributed by atoms with Crippen molar-refractivity contribution in [2.24, 2.45) is 0 Å². The number of methoxy groups -OCH3 is 1. The fourth-order valence-corrected chi connectivity index (χ4v) is 1.46. The summed E-state index contributed by atoms with van der Waals surface area (Å²) in [6.45, 7) is 2.65. The average Bonchev–Trinajstić information content (AvgIpc) is 2.37. The Kier molecular flexibility index (Phi) is 3.55. The maximum Gasteiger partial charge on any atom is 0.223 e. The summed E-state index contributed by atoms with van der Waals surface area (Å²) in [7, 11) is 1.66. The molecule has 0 saturated heterocycles. The van der Waals surface area contributed by atoms with Gasteiger partial charge in [0.05, 0.1) is 7.11 Å². The van der Waals surface area contributed by atoms with Gasteiger partial charge in [0.2, 0.25) is 5.95 Å². The zero-order valence-electron chi connectivity index (χ0n) is 9.97. The number of hydrogen-bond acceptors (Lipinski definition) is 4. The summed E-state index contributed by atoms with van der Waals surface area (Å²) in [6, 6.07) is 9.78. The quantitative estimate of drug-likeness (QED) is 0.874. The molecular formula is C13H15N3O. The molecule has 0 fully saturated rings. The van der Waals surface area contributed by atoms with E-state index in [4.69, 9.17) is 4.74 Å². The van der Waals surface area contributed by atoms with Gasteiger partial charge in [-0.05, 0) is 30.7 Å². The molecule has 0 atom stereocenters. The largest absolute Gasteiger partial charge is 0.497 e. The molecule has 4 heteroatoms. The highest BCUT2D eigenvalue weighted by Gasteiger charge is 1.97. The highest BCUT2D eigenvalue weighted by Crippen LogP contribution is 2.12. The highest BCUT2D eigenvalue weighted by molar-refractivity contribution is 5.31. The van der Waals surface area contributed by atoms with E-state index in [0.29, 0.717) is 12.5 Å². The molecule has 0 unspecified atom stereocenters. The SMILES string of the molecule is COc1ccc(CNc2nccc(C)n2)cc1. The molecule has 88 valence electrons. The van der Waals surface area contributed by atoms with Gasteiger partial charge in [-0.15, -0.1) is 0 Å². The summed E-state index contributed by atoms with van der Waals surface area (Å²) < 4.78 is 5.10. The lowest BCUT2D eigenvalue weighted by molar-refractivity contribution is 0.414. The van der Waals surface area contributed by atoms with Crippen molar-refractivity contribution in [1.82, 2.24) is 9.97 Å². The predicted octanol–water partition coefficient (Wildman–Crippen LogP) is 2.41. The molecule has 1 aromatic carbocycles. The summed E-state index contributed by atoms with van der Waals surface area (Å²) in [4.78, 5) is 8.42. The normalized spacial score (nSPS) is 10.0. The van der Waals surface area contributed by atoms with Crippen molar-refractivity contribution in [3.05, 3.63) is 47.8 Å². The standard InChI is InChI=1S/C13H15N3O/c1-10-7-8-14-13(16-10)15-9-11-3-5-12(17-2)6-4-11/h3-8H,9H2,1-2H3,(H,14,15,16). The van der Waals surface area contributed by atoms with Crippen molar-refractivity contribution in [2.45, 2.75) is 13.5 Å². The summed E-state index contributed by atoms with van der Waals surface area (Å²) in [6.07, 6.45) is 1.75. The number of hydrogen-bond donors (Lipinski definition) is 1. The summed E-state index contributed by atoms with van der Waals surface area (Å²) in [5.41, 5.74) is 2.12. The molecule has 0 aliphatic carbocycles. The Bertz CT molecular complexity index is 482. The third-order valence-electron chi connectivity index (χ3n) is 2.40. The predicted molar refractivity (Wildman–Crippen MR) is 67.1 cm³/mol. The molecule has 1 heterocycles. The molecule has 0 bridgehead atoms. The van der Waals surface area contributed by atoms with Crippen molar-refractivity contribution in [3.8, 4) is 5.75 Å². The van der Waals surface area contributed by atoms with Crippen LogP contribution in [0.1, 0.15) is 11.3 Å². The van der Waals surface area contributed by atoms with Crippen molar-refractivity contribution in [3.63, 3.8) is 0 Å². The molecule has 17 heavy (non-hydrogen) atoms. The minimum absolute atomic E-state index is 0.654. The highest BCUT2D eigenvalue weighted by atomic mass is 16.5. The molecule has 0 amide bonds. The van der Waals surface area contributed by atoms with Crippen LogP contribution in [0.2, 0.25) is 0 Å². The molecule has 0 spiro atoms. The Morgan fingerprint density at radius 2 is 1.94 bits per heavy atom. The number of nitrogens with one attached hydrogen (secondary N) is 1. The monoisotopic (exact) mass is 229 g/mol. The lowest BCUT2D eigenvalue weighted by atomic mass is 10.2. The van der Waals surface area contributed by atoms with Crippen LogP contribution in [-0.2, 0) is 6.54 Å². The van der Waals surface area contributed by atoms with Crippen LogP contribution in [0.15, 0.2) is 36.5 Å². The van der Waals surface area contributed by atoms with Crippen molar-refractivity contribution in [2.75, 3.05) is 12.4 Å². The minimum atomic E-state index is 0.654. The first-order valence-corrected chi connectivity index (χ1v) is 5.44. The Morgan fingerprint density at radius 1 is 1.18 bits per heavy atom. The van der Waals surface area contributed by atoms with Crippen molar-refractivity contribution < 1.29 is 4.74 Å². The fraction of sp³-hybridized carbons (Fsp3) is 0.231. The van der Waals surface area contributed by atoms with Gasteiger partial charge in [-0.3, -0.25) is 0 Å². The van der Waals surface area contributed by atoms with E-state index in [1.54, 1.807) is 13.3 Å². The van der Waals surface area contributed by atoms with E-state index >= 15 is 0 Å². The maximum atomic E-state index is 5.10. The van der Waals surface area contributed by atoms with Crippen LogP contribution in [0.4, 0.5) is 5.95 Å². The van der Waals surface area contributed by atoms with E-state index in [9.17, 15) is 0 Å². The number of aromatic nitrogens is 2. The smallest absolute Gasteiger partial charge is 0.223 e. The number of benzene rings is 1. The Labute approximate surface area is 101 Å². The first-order chi connectivity index (χ1) is 8.28. The molecule has 1 N–H and O–H groups in total. The molecule has 0 aliphatic heterocycles. The fourth-order valence-electron chi connectivity index (χ4n) is 1.46. The number of rotatable bonds is 4. The van der Waals surface area contributed by atoms with Crippen LogP contribution in [0.25, 0.3) is 0 Å². The van der Waals surface area contributed by atoms with E-state index in [1.165, 1.54) is 0 Å². The Morgan fingerprint density at radius 3 is 2.59 bits per heavy atom. The van der Waals surface area contributed by atoms with Crippen LogP contribution in [0, 0.1) is 6.92 Å². The number of anilines is 1. The number of nitrogens with zero attached hydrogens (tertiary/aromatic N) is 2. The lowest BCUT2D eigenvalue weighted by Gasteiger charge is -2.06. The van der Waals surface area contributed by atoms with Crippen LogP contribution in [0.3, 0.4) is 0 Å². The van der Waals surface area contributed by atoms with E-state index < -0.39 is 0 Å². The second-order valence-corrected chi connectivity index (χ2v) is 3.72. The molecule has 0 radical (unpaired) electrons. The minimum Gasteiger partial charge on any atom is -0.497 e. The third kappa shape index (κ3) is 3.17. The first-order valence-electron chi connectivity index (χ1n) is 5.44. The summed E-state index contributed by atoms with van der Waals surface area (Å²) in [5.74, 6) is 1.52. The maximum absolute atomic E-state index is 5.10. The van der Waals surface area contributed by atoms with Gasteiger partial charge in [-0.2, -0.15) is 0 Å². The van der Waals surface area contributed by atoms with E-state index in [2.05, 4.69) is 15.3 Å². The average molecular weight is 229 g/mol. The molecule has 2 rings (SSSR count). The van der Waals surface area contributed by atoms with Gasteiger partial charge in [0.1, 0.15) is 5.75 Å². The Balaban J connectivity index is 1.97. The van der Waals surface area contributed by atoms with Gasteiger partial charge < -0.3 is 10.1 Å². The summed E-state index contributed by atoms with van der Waals surface area (Å²) in [5, 5.41) is 3.18. The molecule has 2 aromatic rings. The Hall–Kier alpha value is -2.10. The van der Waals surface area contributed by atoms with Gasteiger partial charge >= 0.3 is 0 Å². The zero-order valence-corrected chi connectivity index (χ0v) is 9.97. The van der Waals surface area contributed by atoms with E-state index in [-0.39, 0.29) is 0 Å². The molecule has 4 nitrogen and oxygen atoms in total. The van der Waals surface area contributed by atoms with Gasteiger partial charge in [0.15, 0.2) is 0 Å². The van der Waals surface area contributed by atoms with Crippen LogP contribution < -0.4 is 10.1 Å². The molecule has 0 saturated carbocycles. The molecular weight excluding hydrogens is 214 g/mol. The van der Waals surface area contributed by atoms with Crippen molar-refractivity contribution >= 4 is 5.95 Å². The lowest BCUT2D eigenvalue weighted by Crippen LogP contribution is -2.03. The number of ether oxygens (including phenoxy) is 1. The third-order valence-corrected chi connectivity index (χ3v) is 2.40. The van der Waals surface area contributed by atoms with Gasteiger partial charge in [0.25, 0.3) is 0 Å². The van der Waals surface area contributed by atoms with Crippen LogP contribution in [-0.4, -0.2) is 17.1 Å². The van der Waals surface area contributed by atoms with Gasteiger partial charge in [-0.25, -0.2) is 9.97 Å². The van der Waals surface area contributed by atoms with E-state index in [0.717, 1.165) is 17.0 Å². The van der Waals surface area contributed by atoms with E-state index in [1.807, 2.05) is 37.3 Å². The topological polar surface area (TPSA) is 47.0 Å². The second kappa shape index (κ2) is 5.30. The van der Waals surface area contributed by atoms with Crippen LogP contribution in [0.5, 0.6) is 5.75 Å².